The van der Waals surface area contributed by atoms with Gasteiger partial charge in [0.2, 0.25) is 0 Å². The number of rotatable bonds is 7. The standard InChI is InChI=1S/C16H21N3O2/c1-19(2)11-4-10-17-13-6-8-14(9-7-13)18-16(20)15-5-3-12-21-15/h3,5-9,12,17H,4,10-11H2,1-2H3,(H,18,20). The zero-order chi connectivity index (χ0) is 15.1. The van der Waals surface area contributed by atoms with E-state index in [4.69, 9.17) is 4.42 Å². The maximum Gasteiger partial charge on any atom is 0.291 e. The van der Waals surface area contributed by atoms with Crippen LogP contribution in [0.15, 0.2) is 47.1 Å². The summed E-state index contributed by atoms with van der Waals surface area (Å²) in [6.07, 6.45) is 2.57. The Morgan fingerprint density at radius 1 is 1.14 bits per heavy atom. The predicted octanol–water partition coefficient (Wildman–Crippen LogP) is 2.90. The number of amides is 1. The van der Waals surface area contributed by atoms with Crippen LogP contribution in [-0.4, -0.2) is 38.0 Å². The summed E-state index contributed by atoms with van der Waals surface area (Å²) in [5, 5.41) is 6.14. The van der Waals surface area contributed by atoms with Gasteiger partial charge in [0.15, 0.2) is 5.76 Å². The Hall–Kier alpha value is -2.27. The normalized spacial score (nSPS) is 10.6. The third-order valence-corrected chi connectivity index (χ3v) is 3.00. The van der Waals surface area contributed by atoms with Crippen LogP contribution in [0.1, 0.15) is 17.0 Å². The lowest BCUT2D eigenvalue weighted by molar-refractivity contribution is 0.0996. The van der Waals surface area contributed by atoms with Gasteiger partial charge in [0, 0.05) is 17.9 Å². The van der Waals surface area contributed by atoms with Gasteiger partial charge in [0.1, 0.15) is 0 Å². The van der Waals surface area contributed by atoms with Crippen molar-refractivity contribution in [1.82, 2.24) is 4.90 Å². The van der Waals surface area contributed by atoms with E-state index in [1.165, 1.54) is 6.26 Å². The highest BCUT2D eigenvalue weighted by Crippen LogP contribution is 2.14. The molecule has 0 aliphatic rings. The Kier molecular flexibility index (Phi) is 5.40. The van der Waals surface area contributed by atoms with Gasteiger partial charge in [-0.15, -0.1) is 0 Å². The minimum absolute atomic E-state index is 0.244. The summed E-state index contributed by atoms with van der Waals surface area (Å²) >= 11 is 0. The molecule has 0 fully saturated rings. The van der Waals surface area contributed by atoms with E-state index in [9.17, 15) is 4.79 Å². The van der Waals surface area contributed by atoms with Crippen molar-refractivity contribution >= 4 is 17.3 Å². The molecule has 1 heterocycles. The van der Waals surface area contributed by atoms with Gasteiger partial charge in [0.25, 0.3) is 5.91 Å². The van der Waals surface area contributed by atoms with Gasteiger partial charge >= 0.3 is 0 Å². The van der Waals surface area contributed by atoms with E-state index in [1.807, 2.05) is 24.3 Å². The number of benzene rings is 1. The number of hydrogen-bond acceptors (Lipinski definition) is 4. The Labute approximate surface area is 124 Å². The van der Waals surface area contributed by atoms with E-state index in [0.717, 1.165) is 30.9 Å². The number of carbonyl (C=O) groups is 1. The van der Waals surface area contributed by atoms with Crippen LogP contribution < -0.4 is 10.6 Å². The van der Waals surface area contributed by atoms with Crippen LogP contribution in [0.4, 0.5) is 11.4 Å². The molecule has 0 saturated heterocycles. The summed E-state index contributed by atoms with van der Waals surface area (Å²) in [6.45, 7) is 1.99. The Balaban J connectivity index is 1.80. The number of furan rings is 1. The highest BCUT2D eigenvalue weighted by molar-refractivity contribution is 6.02. The Morgan fingerprint density at radius 3 is 2.48 bits per heavy atom. The van der Waals surface area contributed by atoms with E-state index in [-0.39, 0.29) is 5.91 Å². The number of nitrogens with one attached hydrogen (secondary N) is 2. The molecule has 2 N–H and O–H groups in total. The first-order valence-corrected chi connectivity index (χ1v) is 6.98. The zero-order valence-corrected chi connectivity index (χ0v) is 12.4. The molecule has 0 aliphatic carbocycles. The largest absolute Gasteiger partial charge is 0.459 e. The number of carbonyl (C=O) groups excluding carboxylic acids is 1. The zero-order valence-electron chi connectivity index (χ0n) is 12.4. The van der Waals surface area contributed by atoms with Crippen LogP contribution in [0.5, 0.6) is 0 Å². The molecule has 1 aromatic carbocycles. The van der Waals surface area contributed by atoms with Crippen LogP contribution in [0.25, 0.3) is 0 Å². The van der Waals surface area contributed by atoms with E-state index < -0.39 is 0 Å². The molecule has 2 rings (SSSR count). The second-order valence-corrected chi connectivity index (χ2v) is 5.09. The molecule has 0 atom stereocenters. The molecule has 21 heavy (non-hydrogen) atoms. The summed E-state index contributed by atoms with van der Waals surface area (Å²) in [5.41, 5.74) is 1.79. The number of hydrogen-bond donors (Lipinski definition) is 2. The van der Waals surface area contributed by atoms with Crippen molar-refractivity contribution in [2.75, 3.05) is 37.8 Å². The molecule has 0 aliphatic heterocycles. The van der Waals surface area contributed by atoms with E-state index in [0.29, 0.717) is 5.76 Å². The summed E-state index contributed by atoms with van der Waals surface area (Å²) in [7, 11) is 4.13. The van der Waals surface area contributed by atoms with Crippen molar-refractivity contribution in [3.05, 3.63) is 48.4 Å². The number of nitrogens with zero attached hydrogens (tertiary/aromatic N) is 1. The second kappa shape index (κ2) is 7.50. The molecule has 0 unspecified atom stereocenters. The molecule has 1 amide bonds. The molecule has 5 heteroatoms. The maximum atomic E-state index is 11.8. The predicted molar refractivity (Wildman–Crippen MR) is 84.8 cm³/mol. The third kappa shape index (κ3) is 4.96. The van der Waals surface area contributed by atoms with Gasteiger partial charge in [-0.3, -0.25) is 4.79 Å². The first kappa shape index (κ1) is 15.1. The van der Waals surface area contributed by atoms with Gasteiger partial charge < -0.3 is 20.0 Å². The highest BCUT2D eigenvalue weighted by Gasteiger charge is 2.08. The Bertz CT molecular complexity index is 547. The van der Waals surface area contributed by atoms with Gasteiger partial charge in [-0.05, 0) is 63.5 Å². The molecular weight excluding hydrogens is 266 g/mol. The fraction of sp³-hybridized carbons (Fsp3) is 0.312. The van der Waals surface area contributed by atoms with Crippen molar-refractivity contribution in [3.63, 3.8) is 0 Å². The molecular formula is C16H21N3O2. The molecule has 112 valence electrons. The molecule has 1 aromatic heterocycles. The van der Waals surface area contributed by atoms with Gasteiger partial charge in [-0.25, -0.2) is 0 Å². The fourth-order valence-electron chi connectivity index (χ4n) is 1.90. The van der Waals surface area contributed by atoms with Crippen LogP contribution in [0, 0.1) is 0 Å². The van der Waals surface area contributed by atoms with Crippen LogP contribution in [-0.2, 0) is 0 Å². The molecule has 5 nitrogen and oxygen atoms in total. The van der Waals surface area contributed by atoms with Gasteiger partial charge in [-0.2, -0.15) is 0 Å². The van der Waals surface area contributed by atoms with Crippen molar-refractivity contribution in [1.29, 1.82) is 0 Å². The minimum atomic E-state index is -0.244. The maximum absolute atomic E-state index is 11.8. The van der Waals surface area contributed by atoms with Crippen molar-refractivity contribution < 1.29 is 9.21 Å². The monoisotopic (exact) mass is 287 g/mol. The van der Waals surface area contributed by atoms with Crippen molar-refractivity contribution in [3.8, 4) is 0 Å². The lowest BCUT2D eigenvalue weighted by atomic mass is 10.2. The van der Waals surface area contributed by atoms with Gasteiger partial charge in [-0.1, -0.05) is 0 Å². The smallest absolute Gasteiger partial charge is 0.291 e. The first-order valence-electron chi connectivity index (χ1n) is 6.98. The van der Waals surface area contributed by atoms with Crippen molar-refractivity contribution in [2.45, 2.75) is 6.42 Å². The fourth-order valence-corrected chi connectivity index (χ4v) is 1.90. The summed E-state index contributed by atoms with van der Waals surface area (Å²) in [4.78, 5) is 14.0. The molecule has 0 saturated carbocycles. The molecule has 2 aromatic rings. The second-order valence-electron chi connectivity index (χ2n) is 5.09. The number of anilines is 2. The van der Waals surface area contributed by atoms with Crippen LogP contribution >= 0.6 is 0 Å². The average Bonchev–Trinajstić information content (AvgIpc) is 2.99. The molecule has 0 spiro atoms. The van der Waals surface area contributed by atoms with Gasteiger partial charge in [0.05, 0.1) is 6.26 Å². The molecule has 0 bridgehead atoms. The topological polar surface area (TPSA) is 57.5 Å². The van der Waals surface area contributed by atoms with Crippen molar-refractivity contribution in [2.24, 2.45) is 0 Å². The van der Waals surface area contributed by atoms with Crippen LogP contribution in [0.2, 0.25) is 0 Å². The summed E-state index contributed by atoms with van der Waals surface area (Å²) in [6, 6.07) is 11.0. The minimum Gasteiger partial charge on any atom is -0.459 e. The Morgan fingerprint density at radius 2 is 1.86 bits per heavy atom. The van der Waals surface area contributed by atoms with Crippen LogP contribution in [0.3, 0.4) is 0 Å². The highest BCUT2D eigenvalue weighted by atomic mass is 16.3. The van der Waals surface area contributed by atoms with E-state index in [2.05, 4.69) is 29.6 Å². The summed E-state index contributed by atoms with van der Waals surface area (Å²) < 4.78 is 5.05. The van der Waals surface area contributed by atoms with E-state index >= 15 is 0 Å². The third-order valence-electron chi connectivity index (χ3n) is 3.00. The quantitative estimate of drug-likeness (QED) is 0.769. The lowest BCUT2D eigenvalue weighted by Crippen LogP contribution is -2.16. The lowest BCUT2D eigenvalue weighted by Gasteiger charge is -2.11. The SMILES string of the molecule is CN(C)CCCNc1ccc(NC(=O)c2ccco2)cc1. The van der Waals surface area contributed by atoms with E-state index in [1.54, 1.807) is 12.1 Å². The molecule has 0 radical (unpaired) electrons. The summed E-state index contributed by atoms with van der Waals surface area (Å²) in [5.74, 6) is 0.0626. The average molecular weight is 287 g/mol. The first-order chi connectivity index (χ1) is 10.1.